The molecule has 1 aromatic carbocycles. The van der Waals surface area contributed by atoms with E-state index in [-0.39, 0.29) is 18.7 Å². The van der Waals surface area contributed by atoms with E-state index in [1.54, 1.807) is 0 Å². The van der Waals surface area contributed by atoms with Crippen LogP contribution in [0, 0.1) is 0 Å². The van der Waals surface area contributed by atoms with Crippen LogP contribution in [0.25, 0.3) is 0 Å². The molecule has 1 aliphatic rings. The summed E-state index contributed by atoms with van der Waals surface area (Å²) in [6.07, 6.45) is 1.92. The van der Waals surface area contributed by atoms with Gasteiger partial charge in [-0.05, 0) is 18.9 Å². The summed E-state index contributed by atoms with van der Waals surface area (Å²) < 4.78 is 10.7. The van der Waals surface area contributed by atoms with Crippen molar-refractivity contribution >= 4 is 5.91 Å². The van der Waals surface area contributed by atoms with Crippen molar-refractivity contribution in [3.8, 4) is 11.5 Å². The maximum Gasteiger partial charge on any atom is 0.234 e. The molecule has 0 aromatic heterocycles. The summed E-state index contributed by atoms with van der Waals surface area (Å²) in [5.74, 6) is 1.58. The molecule has 2 rings (SSSR count). The summed E-state index contributed by atoms with van der Waals surface area (Å²) in [4.78, 5) is 11.8. The lowest BCUT2D eigenvalue weighted by atomic mass is 10.1. The van der Waals surface area contributed by atoms with Crippen LogP contribution in [0.3, 0.4) is 0 Å². The van der Waals surface area contributed by atoms with Crippen molar-refractivity contribution in [3.05, 3.63) is 23.8 Å². The summed E-state index contributed by atoms with van der Waals surface area (Å²) in [5.41, 5.74) is 1.01. The van der Waals surface area contributed by atoms with Crippen LogP contribution in [0.1, 0.15) is 32.3 Å². The number of benzene rings is 1. The predicted octanol–water partition coefficient (Wildman–Crippen LogP) is 1.81. The van der Waals surface area contributed by atoms with E-state index >= 15 is 0 Å². The largest absolute Gasteiger partial charge is 0.454 e. The number of amides is 1. The summed E-state index contributed by atoms with van der Waals surface area (Å²) in [6.45, 7) is 5.31. The van der Waals surface area contributed by atoms with E-state index < -0.39 is 0 Å². The van der Waals surface area contributed by atoms with Crippen LogP contribution < -0.4 is 20.1 Å². The molecule has 0 aliphatic carbocycles. The van der Waals surface area contributed by atoms with E-state index in [2.05, 4.69) is 24.5 Å². The predicted molar refractivity (Wildman–Crippen MR) is 76.8 cm³/mol. The topological polar surface area (TPSA) is 59.6 Å². The summed E-state index contributed by atoms with van der Waals surface area (Å²) in [5, 5.41) is 6.13. The van der Waals surface area contributed by atoms with Crippen LogP contribution in [-0.4, -0.2) is 25.3 Å². The molecule has 5 heteroatoms. The van der Waals surface area contributed by atoms with Crippen molar-refractivity contribution in [3.63, 3.8) is 0 Å². The number of rotatable bonds is 7. The van der Waals surface area contributed by atoms with Crippen LogP contribution in [0.15, 0.2) is 18.2 Å². The van der Waals surface area contributed by atoms with Gasteiger partial charge in [-0.1, -0.05) is 26.0 Å². The molecule has 1 amide bonds. The van der Waals surface area contributed by atoms with Crippen LogP contribution in [0.5, 0.6) is 11.5 Å². The van der Waals surface area contributed by atoms with Gasteiger partial charge in [-0.25, -0.2) is 0 Å². The Morgan fingerprint density at radius 1 is 1.30 bits per heavy atom. The molecule has 1 aliphatic heterocycles. The first-order chi connectivity index (χ1) is 9.74. The third-order valence-electron chi connectivity index (χ3n) is 3.43. The van der Waals surface area contributed by atoms with Gasteiger partial charge in [0.1, 0.15) is 0 Å². The Balaban J connectivity index is 1.79. The van der Waals surface area contributed by atoms with Gasteiger partial charge in [0.05, 0.1) is 6.54 Å². The normalized spacial score (nSPS) is 12.8. The number of carbonyl (C=O) groups excluding carboxylic acids is 1. The maximum atomic E-state index is 11.8. The van der Waals surface area contributed by atoms with E-state index in [9.17, 15) is 4.79 Å². The van der Waals surface area contributed by atoms with Gasteiger partial charge in [-0.2, -0.15) is 0 Å². The zero-order valence-corrected chi connectivity index (χ0v) is 12.1. The molecule has 20 heavy (non-hydrogen) atoms. The molecule has 0 saturated carbocycles. The lowest BCUT2D eigenvalue weighted by molar-refractivity contribution is -0.121. The lowest BCUT2D eigenvalue weighted by Gasteiger charge is -2.15. The molecule has 2 N–H and O–H groups in total. The Kier molecular flexibility index (Phi) is 5.24. The maximum absolute atomic E-state index is 11.8. The second-order valence-corrected chi connectivity index (χ2v) is 4.84. The first-order valence-corrected chi connectivity index (χ1v) is 7.12. The Hall–Kier alpha value is -1.75. The highest BCUT2D eigenvalue weighted by Crippen LogP contribution is 2.35. The first-order valence-electron chi connectivity index (χ1n) is 7.12. The minimum Gasteiger partial charge on any atom is -0.454 e. The average Bonchev–Trinajstić information content (AvgIpc) is 2.94. The number of hydrogen-bond acceptors (Lipinski definition) is 4. The summed E-state index contributed by atoms with van der Waals surface area (Å²) in [6, 6.07) is 6.04. The zero-order valence-electron chi connectivity index (χ0n) is 12.1. The minimum absolute atomic E-state index is 0.0310. The van der Waals surface area contributed by atoms with E-state index in [1.165, 1.54) is 0 Å². The molecule has 0 unspecified atom stereocenters. The zero-order chi connectivity index (χ0) is 14.4. The highest BCUT2D eigenvalue weighted by molar-refractivity contribution is 5.78. The number of carbonyl (C=O) groups is 1. The van der Waals surface area contributed by atoms with E-state index in [4.69, 9.17) is 9.47 Å². The molecule has 110 valence electrons. The Labute approximate surface area is 119 Å². The quantitative estimate of drug-likeness (QED) is 0.798. The van der Waals surface area contributed by atoms with Crippen molar-refractivity contribution in [1.29, 1.82) is 0 Å². The van der Waals surface area contributed by atoms with Crippen LogP contribution in [0.4, 0.5) is 0 Å². The van der Waals surface area contributed by atoms with E-state index in [0.29, 0.717) is 13.1 Å². The van der Waals surface area contributed by atoms with Gasteiger partial charge in [0.25, 0.3) is 0 Å². The Morgan fingerprint density at radius 2 is 2.10 bits per heavy atom. The SMILES string of the molecule is CCC(CC)NC(=O)CNCc1cccc2c1OCO2. The van der Waals surface area contributed by atoms with Gasteiger partial charge >= 0.3 is 0 Å². The van der Waals surface area contributed by atoms with Crippen molar-refractivity contribution in [2.24, 2.45) is 0 Å². The first kappa shape index (κ1) is 14.7. The minimum atomic E-state index is 0.0310. The molecule has 0 radical (unpaired) electrons. The molecule has 1 heterocycles. The third kappa shape index (κ3) is 3.63. The van der Waals surface area contributed by atoms with Gasteiger partial charge < -0.3 is 20.1 Å². The van der Waals surface area contributed by atoms with Gasteiger partial charge in [0.2, 0.25) is 12.7 Å². The molecule has 0 bridgehead atoms. The highest BCUT2D eigenvalue weighted by Gasteiger charge is 2.17. The van der Waals surface area contributed by atoms with Crippen molar-refractivity contribution in [2.75, 3.05) is 13.3 Å². The van der Waals surface area contributed by atoms with Crippen LogP contribution in [0.2, 0.25) is 0 Å². The van der Waals surface area contributed by atoms with E-state index in [1.807, 2.05) is 18.2 Å². The molecule has 1 aromatic rings. The summed E-state index contributed by atoms with van der Waals surface area (Å²) >= 11 is 0. The Morgan fingerprint density at radius 3 is 2.85 bits per heavy atom. The molecule has 0 atom stereocenters. The number of ether oxygens (including phenoxy) is 2. The average molecular weight is 278 g/mol. The molecular weight excluding hydrogens is 256 g/mol. The summed E-state index contributed by atoms with van der Waals surface area (Å²) in [7, 11) is 0. The van der Waals surface area contributed by atoms with Gasteiger partial charge in [0, 0.05) is 18.2 Å². The highest BCUT2D eigenvalue weighted by atomic mass is 16.7. The van der Waals surface area contributed by atoms with Crippen molar-refractivity contribution in [1.82, 2.24) is 10.6 Å². The molecular formula is C15H22N2O3. The lowest BCUT2D eigenvalue weighted by Crippen LogP contribution is -2.39. The molecule has 0 fully saturated rings. The third-order valence-corrected chi connectivity index (χ3v) is 3.43. The second-order valence-electron chi connectivity index (χ2n) is 4.84. The van der Waals surface area contributed by atoms with Crippen molar-refractivity contribution < 1.29 is 14.3 Å². The molecule has 0 saturated heterocycles. The fraction of sp³-hybridized carbons (Fsp3) is 0.533. The smallest absolute Gasteiger partial charge is 0.234 e. The number of nitrogens with one attached hydrogen (secondary N) is 2. The number of para-hydroxylation sites is 1. The van der Waals surface area contributed by atoms with Crippen LogP contribution in [-0.2, 0) is 11.3 Å². The molecule has 0 spiro atoms. The van der Waals surface area contributed by atoms with Gasteiger partial charge in [0.15, 0.2) is 11.5 Å². The van der Waals surface area contributed by atoms with Gasteiger partial charge in [-0.3, -0.25) is 4.79 Å². The Bertz CT molecular complexity index is 458. The van der Waals surface area contributed by atoms with Crippen molar-refractivity contribution in [2.45, 2.75) is 39.3 Å². The number of hydrogen-bond donors (Lipinski definition) is 2. The van der Waals surface area contributed by atoms with E-state index in [0.717, 1.165) is 29.9 Å². The number of fused-ring (bicyclic) bond motifs is 1. The molecule has 5 nitrogen and oxygen atoms in total. The van der Waals surface area contributed by atoms with Gasteiger partial charge in [-0.15, -0.1) is 0 Å². The van der Waals surface area contributed by atoms with Crippen LogP contribution >= 0.6 is 0 Å². The standard InChI is InChI=1S/C15H22N2O3/c1-3-12(4-2)17-14(18)9-16-8-11-6-5-7-13-15(11)20-10-19-13/h5-7,12,16H,3-4,8-10H2,1-2H3,(H,17,18). The fourth-order valence-corrected chi connectivity index (χ4v) is 2.21. The monoisotopic (exact) mass is 278 g/mol. The fourth-order valence-electron chi connectivity index (χ4n) is 2.21. The second kappa shape index (κ2) is 7.14.